The molecule has 0 saturated heterocycles. The summed E-state index contributed by atoms with van der Waals surface area (Å²) in [5, 5.41) is 9.26. The van der Waals surface area contributed by atoms with Crippen LogP contribution in [0.3, 0.4) is 0 Å². The van der Waals surface area contributed by atoms with Gasteiger partial charge in [0.25, 0.3) is 0 Å². The van der Waals surface area contributed by atoms with E-state index in [9.17, 15) is 14.7 Å². The molecule has 25 heavy (non-hydrogen) atoms. The third-order valence-corrected chi connectivity index (χ3v) is 3.76. The predicted octanol–water partition coefficient (Wildman–Crippen LogP) is 2.64. The van der Waals surface area contributed by atoms with Crippen LogP contribution in [0.25, 0.3) is 16.9 Å². The fourth-order valence-electron chi connectivity index (χ4n) is 2.41. The van der Waals surface area contributed by atoms with E-state index in [0.29, 0.717) is 11.3 Å². The van der Waals surface area contributed by atoms with Gasteiger partial charge in [-0.2, -0.15) is 0 Å². The normalized spacial score (nSPS) is 13.1. The number of hydrogen-bond donors (Lipinski definition) is 1. The number of amides is 1. The monoisotopic (exact) mass is 341 g/mol. The van der Waals surface area contributed by atoms with E-state index in [4.69, 9.17) is 5.48 Å². The number of hydrogen-bond acceptors (Lipinski definition) is 3. The first-order valence-corrected chi connectivity index (χ1v) is 7.56. The maximum absolute atomic E-state index is 12.4. The van der Waals surface area contributed by atoms with Crippen molar-refractivity contribution in [3.8, 4) is 11.3 Å². The summed E-state index contributed by atoms with van der Waals surface area (Å²) in [6.45, 7) is 1.87. The van der Waals surface area contributed by atoms with Crippen molar-refractivity contribution in [3.63, 3.8) is 0 Å². The lowest BCUT2D eigenvalue weighted by Crippen LogP contribution is -2.24. The molecule has 2 aromatic heterocycles. The number of fused-ring (bicyclic) bond motifs is 1. The standard InChI is InChI=1S/C19H19N3O3/c1-12-4-9-16-20-18(13-5-7-14(8-6-13)19(24)25)15(22(16)11-12)10-17(23)21(2)3/h4-9,11H,10H2,1-3H3,(H,24,25)/i5D,6D,7D,8D. The average molecular weight is 341 g/mol. The van der Waals surface area contributed by atoms with Gasteiger partial charge in [0.2, 0.25) is 5.91 Å². The summed E-state index contributed by atoms with van der Waals surface area (Å²) in [6.07, 6.45) is 1.69. The second-order valence-electron chi connectivity index (χ2n) is 5.86. The zero-order chi connectivity index (χ0) is 21.6. The molecule has 6 heteroatoms. The van der Waals surface area contributed by atoms with Crippen LogP contribution in [0.4, 0.5) is 0 Å². The second kappa shape index (κ2) is 6.39. The Morgan fingerprint density at radius 2 is 1.92 bits per heavy atom. The van der Waals surface area contributed by atoms with E-state index in [-0.39, 0.29) is 23.6 Å². The number of carboxylic acids is 1. The van der Waals surface area contributed by atoms with Gasteiger partial charge in [0.15, 0.2) is 0 Å². The molecule has 0 spiro atoms. The van der Waals surface area contributed by atoms with E-state index in [1.54, 1.807) is 30.8 Å². The molecule has 3 aromatic rings. The van der Waals surface area contributed by atoms with Gasteiger partial charge in [-0.05, 0) is 30.6 Å². The first-order valence-electron chi connectivity index (χ1n) is 9.56. The van der Waals surface area contributed by atoms with Gasteiger partial charge in [-0.3, -0.25) is 4.79 Å². The van der Waals surface area contributed by atoms with Gasteiger partial charge in [-0.25, -0.2) is 9.78 Å². The second-order valence-corrected chi connectivity index (χ2v) is 5.86. The Morgan fingerprint density at radius 3 is 2.52 bits per heavy atom. The molecule has 0 unspecified atom stereocenters. The summed E-state index contributed by atoms with van der Waals surface area (Å²) in [4.78, 5) is 29.7. The van der Waals surface area contributed by atoms with Gasteiger partial charge in [0, 0.05) is 25.9 Å². The number of aromatic carboxylic acids is 1. The molecule has 1 N–H and O–H groups in total. The number of pyridine rings is 1. The smallest absolute Gasteiger partial charge is 0.335 e. The molecule has 0 atom stereocenters. The Hall–Kier alpha value is -3.15. The highest BCUT2D eigenvalue weighted by molar-refractivity contribution is 5.88. The fraction of sp³-hybridized carbons (Fsp3) is 0.211. The van der Waals surface area contributed by atoms with Crippen molar-refractivity contribution in [3.05, 3.63) is 59.3 Å². The minimum absolute atomic E-state index is 0.0762. The number of rotatable bonds is 4. The zero-order valence-corrected chi connectivity index (χ0v) is 14.0. The van der Waals surface area contributed by atoms with Crippen LogP contribution in [0.15, 0.2) is 42.5 Å². The molecule has 0 aliphatic rings. The zero-order valence-electron chi connectivity index (χ0n) is 18.0. The van der Waals surface area contributed by atoms with Crippen molar-refractivity contribution >= 4 is 17.5 Å². The van der Waals surface area contributed by atoms with Gasteiger partial charge >= 0.3 is 5.97 Å². The fourth-order valence-corrected chi connectivity index (χ4v) is 2.41. The van der Waals surface area contributed by atoms with Crippen molar-refractivity contribution in [1.29, 1.82) is 0 Å². The number of nitrogens with zero attached hydrogens (tertiary/aromatic N) is 3. The minimum Gasteiger partial charge on any atom is -0.478 e. The van der Waals surface area contributed by atoms with Crippen LogP contribution in [0, 0.1) is 6.92 Å². The molecule has 0 bridgehead atoms. The molecule has 1 aromatic carbocycles. The minimum atomic E-state index is -1.54. The lowest BCUT2D eigenvalue weighted by atomic mass is 10.1. The van der Waals surface area contributed by atoms with Crippen LogP contribution in [0.1, 0.15) is 27.1 Å². The maximum atomic E-state index is 12.4. The molecule has 0 aliphatic carbocycles. The Kier molecular flexibility index (Phi) is 3.13. The SMILES string of the molecule is [2H]c1c([2H])c(-c2nc3ccc(C)cn3c2CC(=O)N(C)C)c([2H])c([2H])c1C(=O)O. The largest absolute Gasteiger partial charge is 0.478 e. The molecule has 1 amide bonds. The highest BCUT2D eigenvalue weighted by Crippen LogP contribution is 2.26. The molecule has 128 valence electrons. The van der Waals surface area contributed by atoms with Crippen LogP contribution in [-0.2, 0) is 11.2 Å². The Balaban J connectivity index is 2.39. The third kappa shape index (κ3) is 3.24. The van der Waals surface area contributed by atoms with E-state index < -0.39 is 35.7 Å². The number of likely N-dealkylation sites (N-methyl/N-ethyl adjacent to an activating group) is 1. The number of aromatic nitrogens is 2. The summed E-state index contributed by atoms with van der Waals surface area (Å²) in [5.41, 5.74) is 1.08. The molecule has 3 rings (SSSR count). The summed E-state index contributed by atoms with van der Waals surface area (Å²) in [5.74, 6) is -1.77. The number of aryl methyl sites for hydroxylation is 1. The number of imidazole rings is 1. The van der Waals surface area contributed by atoms with Crippen LogP contribution in [-0.4, -0.2) is 45.4 Å². The van der Waals surface area contributed by atoms with Gasteiger partial charge < -0.3 is 14.4 Å². The first-order chi connectivity index (χ1) is 13.5. The first kappa shape index (κ1) is 12.2. The third-order valence-electron chi connectivity index (χ3n) is 3.76. The quantitative estimate of drug-likeness (QED) is 0.791. The average Bonchev–Trinajstić information content (AvgIpc) is 2.97. The van der Waals surface area contributed by atoms with Gasteiger partial charge in [-0.1, -0.05) is 18.2 Å². The van der Waals surface area contributed by atoms with E-state index in [1.165, 1.54) is 4.90 Å². The van der Waals surface area contributed by atoms with E-state index in [2.05, 4.69) is 4.98 Å². The highest BCUT2D eigenvalue weighted by Gasteiger charge is 2.18. The summed E-state index contributed by atoms with van der Waals surface area (Å²) in [7, 11) is 3.21. The van der Waals surface area contributed by atoms with Crippen LogP contribution in [0.5, 0.6) is 0 Å². The van der Waals surface area contributed by atoms with Gasteiger partial charge in [0.1, 0.15) is 5.65 Å². The van der Waals surface area contributed by atoms with Crippen molar-refractivity contribution in [2.24, 2.45) is 0 Å². The lowest BCUT2D eigenvalue weighted by Gasteiger charge is -2.11. The molecule has 0 radical (unpaired) electrons. The highest BCUT2D eigenvalue weighted by atomic mass is 16.4. The Bertz CT molecular complexity index is 1140. The van der Waals surface area contributed by atoms with Crippen LogP contribution in [0.2, 0.25) is 0 Å². The molecule has 0 aliphatic heterocycles. The molecule has 6 nitrogen and oxygen atoms in total. The van der Waals surface area contributed by atoms with Gasteiger partial charge in [-0.15, -0.1) is 0 Å². The van der Waals surface area contributed by atoms with Crippen molar-refractivity contribution in [2.45, 2.75) is 13.3 Å². The van der Waals surface area contributed by atoms with Crippen molar-refractivity contribution in [1.82, 2.24) is 14.3 Å². The molecular weight excluding hydrogens is 318 g/mol. The molecule has 2 heterocycles. The predicted molar refractivity (Wildman–Crippen MR) is 94.7 cm³/mol. The van der Waals surface area contributed by atoms with Gasteiger partial charge in [0.05, 0.1) is 28.9 Å². The Morgan fingerprint density at radius 1 is 1.24 bits per heavy atom. The van der Waals surface area contributed by atoms with Crippen molar-refractivity contribution in [2.75, 3.05) is 14.1 Å². The summed E-state index contributed by atoms with van der Waals surface area (Å²) >= 11 is 0. The molecule has 0 saturated carbocycles. The van der Waals surface area contributed by atoms with Crippen molar-refractivity contribution < 1.29 is 20.2 Å². The summed E-state index contributed by atoms with van der Waals surface area (Å²) < 4.78 is 34.3. The van der Waals surface area contributed by atoms with E-state index in [1.807, 2.05) is 13.0 Å². The summed E-state index contributed by atoms with van der Waals surface area (Å²) in [6, 6.07) is 1.21. The van der Waals surface area contributed by atoms with Crippen LogP contribution >= 0.6 is 0 Å². The van der Waals surface area contributed by atoms with Crippen LogP contribution < -0.4 is 0 Å². The Labute approximate surface area is 151 Å². The number of carbonyl (C=O) groups is 2. The topological polar surface area (TPSA) is 74.9 Å². The number of benzene rings is 1. The van der Waals surface area contributed by atoms with E-state index in [0.717, 1.165) is 5.56 Å². The lowest BCUT2D eigenvalue weighted by molar-refractivity contribution is -0.128. The number of carboxylic acid groups (broad SMARTS) is 1. The molecular formula is C19H19N3O3. The maximum Gasteiger partial charge on any atom is 0.335 e. The van der Waals surface area contributed by atoms with E-state index >= 15 is 0 Å². The molecule has 0 fully saturated rings. The number of carbonyl (C=O) groups excluding carboxylic acids is 1.